The van der Waals surface area contributed by atoms with Gasteiger partial charge >= 0.3 is 6.16 Å². The fourth-order valence-electron chi connectivity index (χ4n) is 4.85. The van der Waals surface area contributed by atoms with Crippen molar-refractivity contribution in [1.82, 2.24) is 0 Å². The van der Waals surface area contributed by atoms with Gasteiger partial charge in [0, 0.05) is 29.7 Å². The molecule has 2 aliphatic rings. The molecule has 1 heterocycles. The highest BCUT2D eigenvalue weighted by molar-refractivity contribution is 7.18. The number of ketones is 1. The second kappa shape index (κ2) is 10.5. The van der Waals surface area contributed by atoms with Gasteiger partial charge in [-0.2, -0.15) is 0 Å². The van der Waals surface area contributed by atoms with Gasteiger partial charge in [-0.15, -0.1) is 0 Å². The number of hydrogen-bond donors (Lipinski definition) is 0. The highest BCUT2D eigenvalue weighted by atomic mass is 32.1. The van der Waals surface area contributed by atoms with Crippen LogP contribution in [0.2, 0.25) is 0 Å². The molecule has 2 fully saturated rings. The number of amides is 1. The van der Waals surface area contributed by atoms with Crippen LogP contribution in [0, 0.1) is 11.8 Å². The maximum atomic E-state index is 13.9. The zero-order valence-electron chi connectivity index (χ0n) is 19.2. The second-order valence-electron chi connectivity index (χ2n) is 9.14. The van der Waals surface area contributed by atoms with Crippen LogP contribution in [0.15, 0.2) is 36.4 Å². The Morgan fingerprint density at radius 3 is 2.30 bits per heavy atom. The Balaban J connectivity index is 1.74. The van der Waals surface area contributed by atoms with Crippen molar-refractivity contribution < 1.29 is 23.9 Å². The molecule has 1 aromatic carbocycles. The predicted octanol–water partition coefficient (Wildman–Crippen LogP) is 6.23. The van der Waals surface area contributed by atoms with Crippen molar-refractivity contribution in [3.05, 3.63) is 36.4 Å². The summed E-state index contributed by atoms with van der Waals surface area (Å²) in [6, 6.07) is 11.7. The first kappa shape index (κ1) is 23.5. The van der Waals surface area contributed by atoms with E-state index in [2.05, 4.69) is 6.92 Å². The van der Waals surface area contributed by atoms with Crippen molar-refractivity contribution in [3.63, 3.8) is 0 Å². The number of thiophene rings is 1. The molecular formula is C26H31NO5S. The molecule has 0 saturated heterocycles. The molecule has 0 N–H and O–H groups in total. The number of benzene rings is 1. The van der Waals surface area contributed by atoms with Crippen LogP contribution in [-0.4, -0.2) is 31.0 Å². The third kappa shape index (κ3) is 5.46. The van der Waals surface area contributed by atoms with Crippen molar-refractivity contribution in [2.75, 3.05) is 12.0 Å². The van der Waals surface area contributed by atoms with Gasteiger partial charge in [0.25, 0.3) is 0 Å². The number of ether oxygens (including phenoxy) is 2. The molecule has 0 atom stereocenters. The molecule has 4 rings (SSSR count). The Bertz CT molecular complexity index is 983. The van der Waals surface area contributed by atoms with Gasteiger partial charge in [0.05, 0.1) is 12.8 Å². The number of carbonyl (C=O) groups is 3. The summed E-state index contributed by atoms with van der Waals surface area (Å²) in [5.41, 5.74) is 1.59. The number of nitrogens with zero attached hydrogens (tertiary/aromatic N) is 1. The number of hydrogen-bond acceptors (Lipinski definition) is 6. The first-order valence-corrected chi connectivity index (χ1v) is 12.6. The van der Waals surface area contributed by atoms with Gasteiger partial charge < -0.3 is 14.4 Å². The van der Waals surface area contributed by atoms with Crippen molar-refractivity contribution in [2.45, 2.75) is 64.3 Å². The molecule has 0 radical (unpaired) electrons. The van der Waals surface area contributed by atoms with Gasteiger partial charge in [-0.25, -0.2) is 4.79 Å². The van der Waals surface area contributed by atoms with Gasteiger partial charge in [-0.3, -0.25) is 9.59 Å². The molecule has 2 aromatic rings. The summed E-state index contributed by atoms with van der Waals surface area (Å²) in [6.07, 6.45) is 5.20. The third-order valence-corrected chi connectivity index (χ3v) is 7.87. The molecule has 0 unspecified atom stereocenters. The number of anilines is 1. The maximum Gasteiger partial charge on any atom is 0.514 e. The quantitative estimate of drug-likeness (QED) is 0.485. The Morgan fingerprint density at radius 1 is 1.00 bits per heavy atom. The Labute approximate surface area is 198 Å². The first-order valence-electron chi connectivity index (χ1n) is 11.8. The van der Waals surface area contributed by atoms with Crippen LogP contribution >= 0.6 is 11.3 Å². The van der Waals surface area contributed by atoms with Gasteiger partial charge in [0.15, 0.2) is 0 Å². The fraction of sp³-hybridized carbons (Fsp3) is 0.500. The zero-order chi connectivity index (χ0) is 23.4. The molecule has 2 saturated carbocycles. The van der Waals surface area contributed by atoms with Gasteiger partial charge in [-0.05, 0) is 56.1 Å². The number of rotatable bonds is 5. The van der Waals surface area contributed by atoms with E-state index in [9.17, 15) is 14.4 Å². The molecule has 33 heavy (non-hydrogen) atoms. The predicted molar refractivity (Wildman–Crippen MR) is 129 cm³/mol. The third-order valence-electron chi connectivity index (χ3n) is 6.82. The van der Waals surface area contributed by atoms with E-state index in [1.54, 1.807) is 0 Å². The SMILES string of the molecule is COC(=O)Oc1sc(-c2ccccc2)cc1N(C(=O)C1CCC(C)CC1)C1CCC(=O)CC1. The van der Waals surface area contributed by atoms with E-state index in [4.69, 9.17) is 9.47 Å². The molecule has 6 nitrogen and oxygen atoms in total. The zero-order valence-corrected chi connectivity index (χ0v) is 20.1. The van der Waals surface area contributed by atoms with Crippen LogP contribution < -0.4 is 9.64 Å². The Hall–Kier alpha value is -2.67. The molecule has 7 heteroatoms. The highest BCUT2D eigenvalue weighted by Crippen LogP contribution is 2.46. The van der Waals surface area contributed by atoms with E-state index in [1.807, 2.05) is 41.3 Å². The first-order chi connectivity index (χ1) is 16.0. The lowest BCUT2D eigenvalue weighted by atomic mass is 9.81. The van der Waals surface area contributed by atoms with E-state index >= 15 is 0 Å². The van der Waals surface area contributed by atoms with Gasteiger partial charge in [0.1, 0.15) is 5.78 Å². The lowest BCUT2D eigenvalue weighted by Crippen LogP contribution is -2.46. The molecule has 1 amide bonds. The number of carbonyl (C=O) groups excluding carboxylic acids is 3. The molecule has 0 spiro atoms. The average Bonchev–Trinajstić information content (AvgIpc) is 3.24. The minimum absolute atomic E-state index is 0.0510. The van der Waals surface area contributed by atoms with E-state index in [0.717, 1.165) is 36.1 Å². The minimum atomic E-state index is -0.810. The summed E-state index contributed by atoms with van der Waals surface area (Å²) in [7, 11) is 1.27. The van der Waals surface area contributed by atoms with Crippen LogP contribution in [0.1, 0.15) is 58.3 Å². The smallest absolute Gasteiger partial charge is 0.437 e. The van der Waals surface area contributed by atoms with Crippen LogP contribution in [0.3, 0.4) is 0 Å². The fourth-order valence-corrected chi connectivity index (χ4v) is 5.85. The molecule has 0 aliphatic heterocycles. The van der Waals surface area contributed by atoms with E-state index < -0.39 is 6.16 Å². The normalized spacial score (nSPS) is 21.5. The lowest BCUT2D eigenvalue weighted by Gasteiger charge is -2.37. The number of Topliss-reactive ketones (excluding diaryl/α,β-unsaturated/α-hetero) is 1. The van der Waals surface area contributed by atoms with E-state index in [1.165, 1.54) is 18.4 Å². The van der Waals surface area contributed by atoms with Crippen LogP contribution in [-0.2, 0) is 14.3 Å². The summed E-state index contributed by atoms with van der Waals surface area (Å²) in [6.45, 7) is 2.23. The van der Waals surface area contributed by atoms with Crippen LogP contribution in [0.25, 0.3) is 10.4 Å². The van der Waals surface area contributed by atoms with Crippen molar-refractivity contribution in [1.29, 1.82) is 0 Å². The lowest BCUT2D eigenvalue weighted by molar-refractivity contribution is -0.125. The van der Waals surface area contributed by atoms with Crippen molar-refractivity contribution in [3.8, 4) is 15.5 Å². The molecule has 1 aromatic heterocycles. The average molecular weight is 470 g/mol. The minimum Gasteiger partial charge on any atom is -0.437 e. The maximum absolute atomic E-state index is 13.9. The Morgan fingerprint density at radius 2 is 1.67 bits per heavy atom. The monoisotopic (exact) mass is 469 g/mol. The second-order valence-corrected chi connectivity index (χ2v) is 10.2. The highest BCUT2D eigenvalue weighted by Gasteiger charge is 2.37. The van der Waals surface area contributed by atoms with Crippen molar-refractivity contribution in [2.24, 2.45) is 11.8 Å². The van der Waals surface area contributed by atoms with Crippen molar-refractivity contribution >= 4 is 34.9 Å². The van der Waals surface area contributed by atoms with E-state index in [0.29, 0.717) is 42.4 Å². The van der Waals surface area contributed by atoms with E-state index in [-0.39, 0.29) is 23.7 Å². The Kier molecular flexibility index (Phi) is 7.48. The number of methoxy groups -OCH3 is 1. The van der Waals surface area contributed by atoms with Gasteiger partial charge in [0.2, 0.25) is 11.0 Å². The largest absolute Gasteiger partial charge is 0.514 e. The standard InChI is InChI=1S/C26H31NO5S/c1-17-8-10-19(11-9-17)24(29)27(20-12-14-21(28)15-13-20)22-16-23(18-6-4-3-5-7-18)33-25(22)32-26(30)31-2/h3-7,16-17,19-20H,8-15H2,1-2H3. The van der Waals surface area contributed by atoms with Gasteiger partial charge in [-0.1, -0.05) is 48.6 Å². The summed E-state index contributed by atoms with van der Waals surface area (Å²) in [4.78, 5) is 40.6. The molecule has 0 bridgehead atoms. The summed E-state index contributed by atoms with van der Waals surface area (Å²) in [5.74, 6) is 0.906. The van der Waals surface area contributed by atoms with Crippen LogP contribution in [0.5, 0.6) is 5.06 Å². The molecular weight excluding hydrogens is 438 g/mol. The topological polar surface area (TPSA) is 72.9 Å². The molecule has 2 aliphatic carbocycles. The summed E-state index contributed by atoms with van der Waals surface area (Å²) >= 11 is 1.33. The summed E-state index contributed by atoms with van der Waals surface area (Å²) in [5, 5.41) is 0.357. The molecule has 176 valence electrons. The van der Waals surface area contributed by atoms with Crippen LogP contribution in [0.4, 0.5) is 10.5 Å². The summed E-state index contributed by atoms with van der Waals surface area (Å²) < 4.78 is 10.3.